The first-order chi connectivity index (χ1) is 13.2. The summed E-state index contributed by atoms with van der Waals surface area (Å²) in [6, 6.07) is 5.76. The van der Waals surface area contributed by atoms with E-state index in [2.05, 4.69) is 15.0 Å². The number of sulfone groups is 1. The average Bonchev–Trinajstić information content (AvgIpc) is 3.03. The molecule has 1 N–H and O–H groups in total. The molecule has 154 valence electrons. The highest BCUT2D eigenvalue weighted by Crippen LogP contribution is 2.16. The fourth-order valence-electron chi connectivity index (χ4n) is 2.32. The van der Waals surface area contributed by atoms with Gasteiger partial charge in [-0.3, -0.25) is 9.36 Å². The molecule has 0 aliphatic heterocycles. The Labute approximate surface area is 158 Å². The third kappa shape index (κ3) is 6.83. The molecule has 0 fully saturated rings. The lowest BCUT2D eigenvalue weighted by Crippen LogP contribution is -2.32. The largest absolute Gasteiger partial charge is 0.435 e. The highest BCUT2D eigenvalue weighted by atomic mass is 32.2. The molecule has 2 aromatic rings. The van der Waals surface area contributed by atoms with Gasteiger partial charge in [0.15, 0.2) is 9.84 Å². The molecule has 0 aliphatic rings. The number of nitrogens with one attached hydrogen (secondary N) is 1. The molecule has 2 rings (SSSR count). The fourth-order valence-corrected chi connectivity index (χ4v) is 3.54. The second-order valence-corrected chi connectivity index (χ2v) is 7.75. The number of aromatic nitrogens is 2. The van der Waals surface area contributed by atoms with E-state index in [-0.39, 0.29) is 18.1 Å². The van der Waals surface area contributed by atoms with Crippen LogP contribution < -0.4 is 10.1 Å². The maximum Gasteiger partial charge on any atom is 0.387 e. The van der Waals surface area contributed by atoms with E-state index in [9.17, 15) is 30.8 Å². The van der Waals surface area contributed by atoms with Crippen molar-refractivity contribution in [2.24, 2.45) is 0 Å². The zero-order chi connectivity index (χ0) is 20.7. The summed E-state index contributed by atoms with van der Waals surface area (Å²) in [6.07, 6.45) is 2.33. The summed E-state index contributed by atoms with van der Waals surface area (Å²) in [4.78, 5) is 15.4. The van der Waals surface area contributed by atoms with Crippen molar-refractivity contribution in [1.29, 1.82) is 0 Å². The normalized spacial score (nSPS) is 11.8. The van der Waals surface area contributed by atoms with Crippen LogP contribution in [0.25, 0.3) is 0 Å². The highest BCUT2D eigenvalue weighted by molar-refractivity contribution is 7.91. The zero-order valence-electron chi connectivity index (χ0n) is 14.4. The van der Waals surface area contributed by atoms with Gasteiger partial charge >= 0.3 is 13.2 Å². The van der Waals surface area contributed by atoms with Crippen molar-refractivity contribution in [1.82, 2.24) is 14.9 Å². The summed E-state index contributed by atoms with van der Waals surface area (Å²) in [5.74, 6) is -2.80. The summed E-state index contributed by atoms with van der Waals surface area (Å²) < 4.78 is 78.2. The summed E-state index contributed by atoms with van der Waals surface area (Å²) in [6.45, 7) is -5.75. The first-order valence-electron chi connectivity index (χ1n) is 7.97. The van der Waals surface area contributed by atoms with Gasteiger partial charge in [0, 0.05) is 18.9 Å². The van der Waals surface area contributed by atoms with Crippen LogP contribution in [0.3, 0.4) is 0 Å². The van der Waals surface area contributed by atoms with E-state index < -0.39 is 40.4 Å². The number of hydrogen-bond donors (Lipinski definition) is 1. The maximum absolute atomic E-state index is 12.7. The van der Waals surface area contributed by atoms with E-state index >= 15 is 0 Å². The van der Waals surface area contributed by atoms with E-state index in [1.54, 1.807) is 0 Å². The molecule has 0 unspecified atom stereocenters. The van der Waals surface area contributed by atoms with Crippen LogP contribution in [0.1, 0.15) is 17.9 Å². The Kier molecular flexibility index (Phi) is 7.38. The molecular weight excluding hydrogens is 406 g/mol. The van der Waals surface area contributed by atoms with Crippen molar-refractivity contribution in [3.8, 4) is 5.75 Å². The summed E-state index contributed by atoms with van der Waals surface area (Å²) in [5.41, 5.74) is 0.712. The van der Waals surface area contributed by atoms with Crippen molar-refractivity contribution >= 4 is 15.7 Å². The number of carbonyl (C=O) groups is 1. The second kappa shape index (κ2) is 9.53. The molecule has 12 heteroatoms. The number of amides is 1. The lowest BCUT2D eigenvalue weighted by Gasteiger charge is -2.09. The van der Waals surface area contributed by atoms with Crippen LogP contribution in [0.15, 0.2) is 36.7 Å². The minimum Gasteiger partial charge on any atom is -0.435 e. The van der Waals surface area contributed by atoms with Crippen LogP contribution in [-0.2, 0) is 26.8 Å². The van der Waals surface area contributed by atoms with E-state index in [4.69, 9.17) is 0 Å². The molecule has 0 bridgehead atoms. The van der Waals surface area contributed by atoms with Gasteiger partial charge < -0.3 is 10.1 Å². The maximum atomic E-state index is 12.7. The molecule has 0 aliphatic carbocycles. The molecule has 0 atom stereocenters. The van der Waals surface area contributed by atoms with Gasteiger partial charge in [0.1, 0.15) is 23.1 Å². The Bertz CT molecular complexity index is 886. The van der Waals surface area contributed by atoms with Gasteiger partial charge in [0.05, 0.1) is 0 Å². The van der Waals surface area contributed by atoms with Gasteiger partial charge in [-0.15, -0.1) is 0 Å². The van der Waals surface area contributed by atoms with Crippen LogP contribution in [0.2, 0.25) is 0 Å². The predicted molar refractivity (Wildman–Crippen MR) is 90.8 cm³/mol. The number of hydrogen-bond acceptors (Lipinski definition) is 5. The molecule has 1 aromatic carbocycles. The number of nitrogens with zero attached hydrogens (tertiary/aromatic N) is 2. The molecule has 0 radical (unpaired) electrons. The minimum absolute atomic E-state index is 0.00367. The molecule has 1 heterocycles. The monoisotopic (exact) mass is 423 g/mol. The van der Waals surface area contributed by atoms with E-state index in [1.165, 1.54) is 24.3 Å². The Balaban J connectivity index is 1.80. The molecule has 0 saturated carbocycles. The van der Waals surface area contributed by atoms with Crippen molar-refractivity contribution in [3.05, 3.63) is 48.0 Å². The second-order valence-electron chi connectivity index (χ2n) is 5.68. The van der Waals surface area contributed by atoms with E-state index in [0.29, 0.717) is 16.6 Å². The SMILES string of the molecule is O=C(CS(=O)(=O)Cc1nccn1C(F)F)NCCc1ccc(OC(F)F)cc1. The lowest BCUT2D eigenvalue weighted by atomic mass is 10.1. The molecule has 7 nitrogen and oxygen atoms in total. The molecule has 0 saturated heterocycles. The van der Waals surface area contributed by atoms with Gasteiger partial charge in [-0.05, 0) is 24.1 Å². The number of ether oxygens (including phenoxy) is 1. The van der Waals surface area contributed by atoms with Gasteiger partial charge in [0.25, 0.3) is 0 Å². The number of alkyl halides is 4. The highest BCUT2D eigenvalue weighted by Gasteiger charge is 2.22. The van der Waals surface area contributed by atoms with E-state index in [1.807, 2.05) is 0 Å². The minimum atomic E-state index is -3.99. The number of benzene rings is 1. The smallest absolute Gasteiger partial charge is 0.387 e. The Hall–Kier alpha value is -2.63. The number of halogens is 4. The first kappa shape index (κ1) is 21.7. The summed E-state index contributed by atoms with van der Waals surface area (Å²) in [5, 5.41) is 2.41. The van der Waals surface area contributed by atoms with Gasteiger partial charge in [-0.1, -0.05) is 12.1 Å². The Morgan fingerprint density at radius 2 is 1.86 bits per heavy atom. The predicted octanol–water partition coefficient (Wildman–Crippen LogP) is 2.15. The third-order valence-electron chi connectivity index (χ3n) is 3.54. The van der Waals surface area contributed by atoms with Crippen molar-refractivity contribution in [2.45, 2.75) is 25.3 Å². The van der Waals surface area contributed by atoms with Crippen molar-refractivity contribution < 1.29 is 35.5 Å². The van der Waals surface area contributed by atoms with E-state index in [0.717, 1.165) is 12.4 Å². The standard InChI is InChI=1S/C16H17F4N3O4S/c17-15(18)23-8-7-21-13(23)9-28(25,26)10-14(24)22-6-5-11-1-3-12(4-2-11)27-16(19)20/h1-4,7-8,15-16H,5-6,9-10H2,(H,22,24). The lowest BCUT2D eigenvalue weighted by molar-refractivity contribution is -0.118. The van der Waals surface area contributed by atoms with Gasteiger partial charge in [-0.25, -0.2) is 13.4 Å². The number of rotatable bonds is 10. The van der Waals surface area contributed by atoms with Crippen LogP contribution in [0.5, 0.6) is 5.75 Å². The molecule has 28 heavy (non-hydrogen) atoms. The van der Waals surface area contributed by atoms with Crippen molar-refractivity contribution in [3.63, 3.8) is 0 Å². The molecule has 1 amide bonds. The summed E-state index contributed by atoms with van der Waals surface area (Å²) >= 11 is 0. The number of carbonyl (C=O) groups excluding carboxylic acids is 1. The molecular formula is C16H17F4N3O4S. The van der Waals surface area contributed by atoms with Crippen LogP contribution in [0.4, 0.5) is 17.6 Å². The quantitative estimate of drug-likeness (QED) is 0.592. The average molecular weight is 423 g/mol. The topological polar surface area (TPSA) is 90.3 Å². The third-order valence-corrected chi connectivity index (χ3v) is 4.94. The van der Waals surface area contributed by atoms with Crippen molar-refractivity contribution in [2.75, 3.05) is 12.3 Å². The molecule has 0 spiro atoms. The Morgan fingerprint density at radius 1 is 1.18 bits per heavy atom. The first-order valence-corrected chi connectivity index (χ1v) is 9.79. The van der Waals surface area contributed by atoms with Crippen LogP contribution >= 0.6 is 0 Å². The zero-order valence-corrected chi connectivity index (χ0v) is 15.2. The van der Waals surface area contributed by atoms with Crippen LogP contribution in [0, 0.1) is 0 Å². The van der Waals surface area contributed by atoms with Gasteiger partial charge in [-0.2, -0.15) is 17.6 Å². The van der Waals surface area contributed by atoms with Gasteiger partial charge in [0.2, 0.25) is 5.91 Å². The summed E-state index contributed by atoms with van der Waals surface area (Å²) in [7, 11) is -3.99. The fraction of sp³-hybridized carbons (Fsp3) is 0.375. The number of imidazole rings is 1. The van der Waals surface area contributed by atoms with Crippen LogP contribution in [-0.4, -0.2) is 42.8 Å². The Morgan fingerprint density at radius 3 is 2.46 bits per heavy atom. The molecule has 1 aromatic heterocycles.